The number of hydrogen-bond donors (Lipinski definition) is 0. The smallest absolute Gasteiger partial charge is 0.134 e. The molecule has 2 fully saturated rings. The van der Waals surface area contributed by atoms with Crippen molar-refractivity contribution < 1.29 is 17.6 Å². The molecule has 33 heavy (non-hydrogen) atoms. The zero-order valence-electron chi connectivity index (χ0n) is 19.2. The highest BCUT2D eigenvalue weighted by atomic mass is 19.1. The zero-order valence-corrected chi connectivity index (χ0v) is 19.2. The maximum atomic E-state index is 15.1. The molecule has 4 atom stereocenters. The number of benzene rings is 2. The Morgan fingerprint density at radius 1 is 0.848 bits per heavy atom. The molecule has 0 bridgehead atoms. The van der Waals surface area contributed by atoms with Crippen LogP contribution >= 0.6 is 0 Å². The first kappa shape index (κ1) is 23.8. The summed E-state index contributed by atoms with van der Waals surface area (Å²) in [5.41, 5.74) is 0.0931. The predicted octanol–water partition coefficient (Wildman–Crippen LogP) is 8.90. The summed E-state index contributed by atoms with van der Waals surface area (Å²) in [5, 5.41) is 0. The quantitative estimate of drug-likeness (QED) is 0.301. The van der Waals surface area contributed by atoms with Crippen molar-refractivity contribution >= 4 is 0 Å². The van der Waals surface area contributed by atoms with E-state index in [0.717, 1.165) is 37.8 Å². The van der Waals surface area contributed by atoms with Crippen molar-refractivity contribution in [1.29, 1.82) is 0 Å². The molecule has 0 spiro atoms. The minimum absolute atomic E-state index is 0.0861. The second-order valence-corrected chi connectivity index (χ2v) is 9.73. The molecule has 0 nitrogen and oxygen atoms in total. The molecule has 4 heteroatoms. The van der Waals surface area contributed by atoms with E-state index in [4.69, 9.17) is 0 Å². The molecule has 0 aliphatic heterocycles. The summed E-state index contributed by atoms with van der Waals surface area (Å²) in [4.78, 5) is 0. The van der Waals surface area contributed by atoms with Crippen LogP contribution in [0.2, 0.25) is 0 Å². The molecule has 4 rings (SSSR count). The predicted molar refractivity (Wildman–Crippen MR) is 126 cm³/mol. The molecule has 0 heterocycles. The normalized spacial score (nSPS) is 25.2. The number of allylic oxidation sites excluding steroid dienone is 3. The summed E-state index contributed by atoms with van der Waals surface area (Å²) in [6, 6.07) is 4.79. The minimum atomic E-state index is -0.790. The molecular weight excluding hydrogens is 424 g/mol. The first-order valence-electron chi connectivity index (χ1n) is 12.1. The summed E-state index contributed by atoms with van der Waals surface area (Å²) >= 11 is 0. The average molecular weight is 457 g/mol. The third-order valence-electron chi connectivity index (χ3n) is 7.68. The summed E-state index contributed by atoms with van der Waals surface area (Å²) in [7, 11) is 0. The molecular formula is C29H32F4. The molecule has 0 aromatic heterocycles. The highest BCUT2D eigenvalue weighted by molar-refractivity contribution is 5.66. The van der Waals surface area contributed by atoms with Gasteiger partial charge in [0.15, 0.2) is 0 Å². The highest BCUT2D eigenvalue weighted by Crippen LogP contribution is 2.48. The van der Waals surface area contributed by atoms with Crippen LogP contribution in [0.3, 0.4) is 0 Å². The van der Waals surface area contributed by atoms with Crippen LogP contribution in [0.15, 0.2) is 49.1 Å². The van der Waals surface area contributed by atoms with Gasteiger partial charge in [0.2, 0.25) is 0 Å². The Bertz CT molecular complexity index is 992. The summed E-state index contributed by atoms with van der Waals surface area (Å²) in [6.07, 6.45) is 13.1. The second kappa shape index (κ2) is 10.3. The Morgan fingerprint density at radius 2 is 1.48 bits per heavy atom. The summed E-state index contributed by atoms with van der Waals surface area (Å²) in [5.74, 6) is -1.03. The SMILES string of the molecule is C=CCCc1c(F)cc(-c2c(F)cc(C3CCC4CC(/C=C/C)CCC4C3)cc2F)cc1F. The number of rotatable bonds is 6. The van der Waals surface area contributed by atoms with E-state index in [1.54, 1.807) is 6.08 Å². The molecule has 2 aliphatic carbocycles. The molecule has 0 radical (unpaired) electrons. The fourth-order valence-electron chi connectivity index (χ4n) is 6.01. The van der Waals surface area contributed by atoms with Crippen LogP contribution < -0.4 is 0 Å². The molecule has 2 aromatic carbocycles. The first-order valence-corrected chi connectivity index (χ1v) is 12.1. The maximum absolute atomic E-state index is 15.1. The third kappa shape index (κ3) is 5.10. The van der Waals surface area contributed by atoms with E-state index in [2.05, 4.69) is 25.7 Å². The fraction of sp³-hybridized carbons (Fsp3) is 0.448. The molecule has 0 amide bonds. The van der Waals surface area contributed by atoms with Crippen molar-refractivity contribution in [3.05, 3.63) is 83.5 Å². The molecule has 0 saturated heterocycles. The Morgan fingerprint density at radius 3 is 2.12 bits per heavy atom. The van der Waals surface area contributed by atoms with Gasteiger partial charge in [0, 0.05) is 5.56 Å². The lowest BCUT2D eigenvalue weighted by molar-refractivity contribution is 0.133. The molecule has 176 valence electrons. The lowest BCUT2D eigenvalue weighted by Crippen LogP contribution is -2.30. The minimum Gasteiger partial charge on any atom is -0.207 e. The number of halogens is 4. The molecule has 4 unspecified atom stereocenters. The van der Waals surface area contributed by atoms with Crippen LogP contribution in [0.4, 0.5) is 17.6 Å². The highest BCUT2D eigenvalue weighted by Gasteiger charge is 2.35. The van der Waals surface area contributed by atoms with Crippen molar-refractivity contribution in [3.8, 4) is 11.1 Å². The van der Waals surface area contributed by atoms with Gasteiger partial charge in [-0.2, -0.15) is 0 Å². The van der Waals surface area contributed by atoms with Crippen LogP contribution in [0.5, 0.6) is 0 Å². The summed E-state index contributed by atoms with van der Waals surface area (Å²) < 4.78 is 59.1. The van der Waals surface area contributed by atoms with Gasteiger partial charge >= 0.3 is 0 Å². The van der Waals surface area contributed by atoms with Gasteiger partial charge in [-0.3, -0.25) is 0 Å². The van der Waals surface area contributed by atoms with Crippen LogP contribution in [0.1, 0.15) is 68.9 Å². The van der Waals surface area contributed by atoms with E-state index in [9.17, 15) is 8.78 Å². The van der Waals surface area contributed by atoms with Crippen LogP contribution in [0.25, 0.3) is 11.1 Å². The molecule has 2 saturated carbocycles. The van der Waals surface area contributed by atoms with Crippen molar-refractivity contribution in [2.45, 2.75) is 64.2 Å². The van der Waals surface area contributed by atoms with Crippen molar-refractivity contribution in [2.24, 2.45) is 17.8 Å². The van der Waals surface area contributed by atoms with E-state index >= 15 is 8.78 Å². The second-order valence-electron chi connectivity index (χ2n) is 9.73. The van der Waals surface area contributed by atoms with Gasteiger partial charge in [-0.25, -0.2) is 17.6 Å². The summed E-state index contributed by atoms with van der Waals surface area (Å²) in [6.45, 7) is 5.62. The largest absolute Gasteiger partial charge is 0.207 e. The van der Waals surface area contributed by atoms with E-state index in [1.165, 1.54) is 25.0 Å². The van der Waals surface area contributed by atoms with Crippen LogP contribution in [-0.4, -0.2) is 0 Å². The van der Waals surface area contributed by atoms with Gasteiger partial charge in [0.1, 0.15) is 23.3 Å². The van der Waals surface area contributed by atoms with Gasteiger partial charge < -0.3 is 0 Å². The Kier molecular flexibility index (Phi) is 7.41. The lowest BCUT2D eigenvalue weighted by atomic mass is 9.64. The van der Waals surface area contributed by atoms with Crippen molar-refractivity contribution in [2.75, 3.05) is 0 Å². The average Bonchev–Trinajstić information content (AvgIpc) is 2.78. The first-order chi connectivity index (χ1) is 15.9. The van der Waals surface area contributed by atoms with Gasteiger partial charge in [0.25, 0.3) is 0 Å². The fourth-order valence-corrected chi connectivity index (χ4v) is 6.01. The Hall–Kier alpha value is -2.36. The van der Waals surface area contributed by atoms with Crippen LogP contribution in [0, 0.1) is 41.0 Å². The van der Waals surface area contributed by atoms with E-state index in [0.29, 0.717) is 29.7 Å². The van der Waals surface area contributed by atoms with Gasteiger partial charge in [-0.1, -0.05) is 18.2 Å². The van der Waals surface area contributed by atoms with Crippen molar-refractivity contribution in [1.82, 2.24) is 0 Å². The maximum Gasteiger partial charge on any atom is 0.134 e. The molecule has 2 aromatic rings. The Labute approximate surface area is 194 Å². The van der Waals surface area contributed by atoms with E-state index in [-0.39, 0.29) is 29.0 Å². The molecule has 0 N–H and O–H groups in total. The third-order valence-corrected chi connectivity index (χ3v) is 7.68. The van der Waals surface area contributed by atoms with Gasteiger partial charge in [0.05, 0.1) is 5.56 Å². The van der Waals surface area contributed by atoms with Gasteiger partial charge in [-0.15, -0.1) is 6.58 Å². The molecule has 2 aliphatic rings. The van der Waals surface area contributed by atoms with Crippen LogP contribution in [-0.2, 0) is 6.42 Å². The van der Waals surface area contributed by atoms with E-state index in [1.807, 2.05) is 0 Å². The lowest BCUT2D eigenvalue weighted by Gasteiger charge is -2.42. The monoisotopic (exact) mass is 456 g/mol. The van der Waals surface area contributed by atoms with E-state index < -0.39 is 23.3 Å². The topological polar surface area (TPSA) is 0 Å². The zero-order chi connectivity index (χ0) is 23.5. The Balaban J connectivity index is 1.54. The van der Waals surface area contributed by atoms with Crippen molar-refractivity contribution in [3.63, 3.8) is 0 Å². The number of fused-ring (bicyclic) bond motifs is 1. The standard InChI is InChI=1S/C29H32F4/c1-3-5-7-24-25(30)16-23(17-26(24)31)29-27(32)14-22(15-28(29)33)21-11-10-19-12-18(6-4-2)8-9-20(19)13-21/h3-4,6,14-21H,1,5,7-13H2,2H3/b6-4+. The van der Waals surface area contributed by atoms with Gasteiger partial charge in [-0.05, 0) is 117 Å². The number of hydrogen-bond acceptors (Lipinski definition) is 0.